The van der Waals surface area contributed by atoms with Crippen LogP contribution < -0.4 is 16.4 Å². The van der Waals surface area contributed by atoms with Gasteiger partial charge in [-0.25, -0.2) is 0 Å². The van der Waals surface area contributed by atoms with Crippen LogP contribution in [0.15, 0.2) is 0 Å². The molecule has 1 aliphatic heterocycles. The van der Waals surface area contributed by atoms with Crippen molar-refractivity contribution in [1.82, 2.24) is 15.5 Å². The van der Waals surface area contributed by atoms with Crippen molar-refractivity contribution in [2.24, 2.45) is 11.7 Å². The lowest BCUT2D eigenvalue weighted by molar-refractivity contribution is -0.155. The average molecular weight is 575 g/mol. The highest BCUT2D eigenvalue weighted by Gasteiger charge is 2.39. The molecule has 1 unspecified atom stereocenters. The molecule has 0 bridgehead atoms. The van der Waals surface area contributed by atoms with Crippen LogP contribution in [-0.2, 0) is 33.5 Å². The van der Waals surface area contributed by atoms with Gasteiger partial charge in [-0.05, 0) is 58.5 Å². The molecule has 13 heteroatoms. The van der Waals surface area contributed by atoms with Gasteiger partial charge >= 0.3 is 5.97 Å². The van der Waals surface area contributed by atoms with Crippen LogP contribution in [0.25, 0.3) is 0 Å². The third kappa shape index (κ3) is 11.6. The smallest absolute Gasteiger partial charge is 0.306 e. The number of ketones is 1. The summed E-state index contributed by atoms with van der Waals surface area (Å²) in [7, 11) is 0. The van der Waals surface area contributed by atoms with E-state index in [-0.39, 0.29) is 30.8 Å². The molecule has 11 nitrogen and oxygen atoms in total. The summed E-state index contributed by atoms with van der Waals surface area (Å²) >= 11 is 5.59. The fourth-order valence-electron chi connectivity index (χ4n) is 4.13. The maximum atomic E-state index is 13.5. The lowest BCUT2D eigenvalue weighted by atomic mass is 9.97. The standard InChI is InChI=1S/C25H42N4O7S2/c1-15(30)27-17(8-9-21(32)36-25(2,3)4)23(34)28-18(10-12-38-5)24(35)29-11-6-7-19(29)20(31)13-16(14-37)22(26)33/h16-19,37H,6-14H2,1-5H3,(H2,26,33)(H,27,30)(H,28,34)/t16-,17+,18+,19?/m1/s1. The molecular formula is C25H42N4O7S2. The SMILES string of the molecule is CSCC[C@H](NC(=O)[C@H](CCC(=O)OC(C)(C)C)NC(C)=O)C(=O)N1CCCC1C(=O)C[C@H](CS)C(N)=O. The molecule has 1 rings (SSSR count). The largest absolute Gasteiger partial charge is 0.460 e. The van der Waals surface area contributed by atoms with Gasteiger partial charge in [0.05, 0.1) is 12.0 Å². The summed E-state index contributed by atoms with van der Waals surface area (Å²) in [5.41, 5.74) is 4.67. The number of ether oxygens (including phenoxy) is 1. The van der Waals surface area contributed by atoms with Crippen LogP contribution in [-0.4, -0.2) is 88.3 Å². The molecule has 1 heterocycles. The predicted octanol–water partition coefficient (Wildman–Crippen LogP) is 0.832. The van der Waals surface area contributed by atoms with Crippen LogP contribution in [0.5, 0.6) is 0 Å². The van der Waals surface area contributed by atoms with Gasteiger partial charge in [0.2, 0.25) is 23.6 Å². The van der Waals surface area contributed by atoms with E-state index in [0.717, 1.165) is 0 Å². The Labute approximate surface area is 234 Å². The number of carbonyl (C=O) groups is 6. The average Bonchev–Trinajstić information content (AvgIpc) is 3.30. The maximum Gasteiger partial charge on any atom is 0.306 e. The number of Topliss-reactive ketones (excluding diaryl/α,β-unsaturated/α-hetero) is 1. The molecular weight excluding hydrogens is 532 g/mol. The first-order valence-corrected chi connectivity index (χ1v) is 14.7. The van der Waals surface area contributed by atoms with Crippen molar-refractivity contribution >= 4 is 59.8 Å². The van der Waals surface area contributed by atoms with Crippen LogP contribution >= 0.6 is 24.4 Å². The van der Waals surface area contributed by atoms with Gasteiger partial charge in [-0.1, -0.05) is 0 Å². The Morgan fingerprint density at radius 2 is 1.76 bits per heavy atom. The number of likely N-dealkylation sites (tertiary alicyclic amines) is 1. The highest BCUT2D eigenvalue weighted by molar-refractivity contribution is 7.98. The highest BCUT2D eigenvalue weighted by Crippen LogP contribution is 2.23. The molecule has 0 aromatic heterocycles. The van der Waals surface area contributed by atoms with Gasteiger partial charge in [0.15, 0.2) is 5.78 Å². The van der Waals surface area contributed by atoms with E-state index in [1.807, 2.05) is 6.26 Å². The number of nitrogens with one attached hydrogen (secondary N) is 2. The summed E-state index contributed by atoms with van der Waals surface area (Å²) in [6.45, 7) is 6.79. The number of thioether (sulfide) groups is 1. The molecule has 0 aliphatic carbocycles. The van der Waals surface area contributed by atoms with Crippen LogP contribution in [0.4, 0.5) is 0 Å². The van der Waals surface area contributed by atoms with Crippen molar-refractivity contribution in [3.05, 3.63) is 0 Å². The fraction of sp³-hybridized carbons (Fsp3) is 0.760. The normalized spacial score (nSPS) is 17.7. The molecule has 0 aromatic carbocycles. The number of nitrogens with two attached hydrogens (primary N) is 1. The van der Waals surface area contributed by atoms with Gasteiger partial charge in [0, 0.05) is 32.1 Å². The molecule has 4 amide bonds. The number of nitrogens with zero attached hydrogens (tertiary/aromatic N) is 1. The van der Waals surface area contributed by atoms with E-state index in [0.29, 0.717) is 31.6 Å². The van der Waals surface area contributed by atoms with E-state index in [1.54, 1.807) is 20.8 Å². The van der Waals surface area contributed by atoms with E-state index in [1.165, 1.54) is 23.6 Å². The summed E-state index contributed by atoms with van der Waals surface area (Å²) in [5.74, 6) is -2.89. The summed E-state index contributed by atoms with van der Waals surface area (Å²) in [6, 6.07) is -2.69. The Morgan fingerprint density at radius 1 is 1.11 bits per heavy atom. The highest BCUT2D eigenvalue weighted by atomic mass is 32.2. The Morgan fingerprint density at radius 3 is 2.29 bits per heavy atom. The molecule has 1 fully saturated rings. The first-order valence-electron chi connectivity index (χ1n) is 12.7. The van der Waals surface area contributed by atoms with Crippen LogP contribution in [0.1, 0.15) is 66.2 Å². The lowest BCUT2D eigenvalue weighted by Gasteiger charge is -2.30. The fourth-order valence-corrected chi connectivity index (χ4v) is 4.91. The van der Waals surface area contributed by atoms with Crippen LogP contribution in [0, 0.1) is 5.92 Å². The number of amides is 4. The Hall–Kier alpha value is -2.28. The monoisotopic (exact) mass is 574 g/mol. The van der Waals surface area contributed by atoms with Crippen molar-refractivity contribution in [2.75, 3.05) is 24.3 Å². The molecule has 1 aliphatic rings. The molecule has 0 saturated carbocycles. The van der Waals surface area contributed by atoms with Crippen molar-refractivity contribution in [1.29, 1.82) is 0 Å². The second-order valence-corrected chi connectivity index (χ2v) is 11.7. The third-order valence-corrected chi connectivity index (χ3v) is 7.04. The number of primary amides is 1. The zero-order valence-corrected chi connectivity index (χ0v) is 24.6. The number of hydrogen-bond acceptors (Lipinski definition) is 9. The second-order valence-electron chi connectivity index (χ2n) is 10.4. The van der Waals surface area contributed by atoms with Gasteiger partial charge < -0.3 is 26.0 Å². The van der Waals surface area contributed by atoms with E-state index in [9.17, 15) is 28.8 Å². The van der Waals surface area contributed by atoms with Crippen molar-refractivity contribution in [3.8, 4) is 0 Å². The first kappa shape index (κ1) is 33.7. The summed E-state index contributed by atoms with van der Waals surface area (Å²) in [6.07, 6.45) is 3.02. The van der Waals surface area contributed by atoms with Gasteiger partial charge in [0.1, 0.15) is 17.7 Å². The zero-order chi connectivity index (χ0) is 29.0. The van der Waals surface area contributed by atoms with E-state index < -0.39 is 59.2 Å². The molecule has 216 valence electrons. The van der Waals surface area contributed by atoms with E-state index in [2.05, 4.69) is 23.3 Å². The van der Waals surface area contributed by atoms with Gasteiger partial charge in [-0.15, -0.1) is 0 Å². The molecule has 4 atom stereocenters. The Kier molecular flexibility index (Phi) is 14.2. The Bertz CT molecular complexity index is 878. The number of carbonyl (C=O) groups excluding carboxylic acids is 6. The molecule has 4 N–H and O–H groups in total. The molecule has 0 spiro atoms. The van der Waals surface area contributed by atoms with Gasteiger partial charge in [-0.2, -0.15) is 24.4 Å². The van der Waals surface area contributed by atoms with Crippen LogP contribution in [0.3, 0.4) is 0 Å². The second kappa shape index (κ2) is 16.0. The first-order chi connectivity index (χ1) is 17.7. The lowest BCUT2D eigenvalue weighted by Crippen LogP contribution is -2.56. The third-order valence-electron chi connectivity index (χ3n) is 5.95. The van der Waals surface area contributed by atoms with Crippen molar-refractivity contribution in [3.63, 3.8) is 0 Å². The number of hydrogen-bond donors (Lipinski definition) is 4. The van der Waals surface area contributed by atoms with E-state index in [4.69, 9.17) is 10.5 Å². The maximum absolute atomic E-state index is 13.5. The minimum absolute atomic E-state index is 0.00712. The number of esters is 1. The molecule has 0 aromatic rings. The van der Waals surface area contributed by atoms with Gasteiger partial charge in [0.25, 0.3) is 0 Å². The summed E-state index contributed by atoms with van der Waals surface area (Å²) in [4.78, 5) is 76.6. The molecule has 1 saturated heterocycles. The summed E-state index contributed by atoms with van der Waals surface area (Å²) < 4.78 is 5.28. The van der Waals surface area contributed by atoms with E-state index >= 15 is 0 Å². The minimum Gasteiger partial charge on any atom is -0.460 e. The Balaban J connectivity index is 3.00. The van der Waals surface area contributed by atoms with Crippen molar-refractivity contribution < 1.29 is 33.5 Å². The minimum atomic E-state index is -1.05. The quantitative estimate of drug-likeness (QED) is 0.165. The van der Waals surface area contributed by atoms with Crippen molar-refractivity contribution in [2.45, 2.75) is 89.9 Å². The number of thiol groups is 1. The summed E-state index contributed by atoms with van der Waals surface area (Å²) in [5, 5.41) is 5.27. The topological polar surface area (TPSA) is 165 Å². The van der Waals surface area contributed by atoms with Crippen LogP contribution in [0.2, 0.25) is 0 Å². The predicted molar refractivity (Wildman–Crippen MR) is 149 cm³/mol. The molecule has 0 radical (unpaired) electrons. The van der Waals surface area contributed by atoms with Gasteiger partial charge in [-0.3, -0.25) is 28.8 Å². The molecule has 38 heavy (non-hydrogen) atoms. The zero-order valence-electron chi connectivity index (χ0n) is 22.9. The number of rotatable bonds is 15.